The van der Waals surface area contributed by atoms with Gasteiger partial charge >= 0.3 is 0 Å². The fourth-order valence-electron chi connectivity index (χ4n) is 2.25. The number of rotatable bonds is 7. The van der Waals surface area contributed by atoms with Gasteiger partial charge in [0, 0.05) is 26.3 Å². The number of allylic oxidation sites excluding steroid dienone is 1. The SMILES string of the molecule is COCCNCc1cc(F)cc(OC2C=CCCC2)c1. The Balaban J connectivity index is 1.93. The zero-order valence-electron chi connectivity index (χ0n) is 11.9. The van der Waals surface area contributed by atoms with E-state index in [1.807, 2.05) is 6.07 Å². The van der Waals surface area contributed by atoms with E-state index >= 15 is 0 Å². The van der Waals surface area contributed by atoms with Crippen molar-refractivity contribution in [3.8, 4) is 5.75 Å². The molecule has 1 aliphatic carbocycles. The summed E-state index contributed by atoms with van der Waals surface area (Å²) in [4.78, 5) is 0. The summed E-state index contributed by atoms with van der Waals surface area (Å²) in [5, 5.41) is 3.20. The molecule has 0 spiro atoms. The third kappa shape index (κ3) is 4.94. The molecule has 1 aliphatic rings. The van der Waals surface area contributed by atoms with Gasteiger partial charge in [-0.05, 0) is 43.0 Å². The molecule has 2 rings (SSSR count). The van der Waals surface area contributed by atoms with Gasteiger partial charge in [-0.25, -0.2) is 4.39 Å². The molecule has 0 bridgehead atoms. The van der Waals surface area contributed by atoms with E-state index in [-0.39, 0.29) is 11.9 Å². The number of nitrogens with one attached hydrogen (secondary N) is 1. The molecule has 0 amide bonds. The molecule has 0 fully saturated rings. The summed E-state index contributed by atoms with van der Waals surface area (Å²) in [6, 6.07) is 4.87. The lowest BCUT2D eigenvalue weighted by atomic mass is 10.1. The van der Waals surface area contributed by atoms with Crippen LogP contribution >= 0.6 is 0 Å². The molecular formula is C16H22FNO2. The van der Waals surface area contributed by atoms with Gasteiger partial charge in [-0.2, -0.15) is 0 Å². The van der Waals surface area contributed by atoms with Crippen LogP contribution in [0.4, 0.5) is 4.39 Å². The summed E-state index contributed by atoms with van der Waals surface area (Å²) in [7, 11) is 1.66. The Hall–Kier alpha value is -1.39. The van der Waals surface area contributed by atoms with Crippen LogP contribution in [0.25, 0.3) is 0 Å². The van der Waals surface area contributed by atoms with Crippen LogP contribution in [0, 0.1) is 5.82 Å². The monoisotopic (exact) mass is 279 g/mol. The van der Waals surface area contributed by atoms with E-state index in [4.69, 9.17) is 9.47 Å². The predicted molar refractivity (Wildman–Crippen MR) is 77.4 cm³/mol. The van der Waals surface area contributed by atoms with E-state index in [1.54, 1.807) is 7.11 Å². The van der Waals surface area contributed by atoms with Crippen molar-refractivity contribution in [1.82, 2.24) is 5.32 Å². The van der Waals surface area contributed by atoms with Crippen molar-refractivity contribution >= 4 is 0 Å². The van der Waals surface area contributed by atoms with Gasteiger partial charge in [-0.15, -0.1) is 0 Å². The zero-order chi connectivity index (χ0) is 14.2. The molecule has 0 saturated carbocycles. The first-order valence-corrected chi connectivity index (χ1v) is 7.10. The van der Waals surface area contributed by atoms with Gasteiger partial charge in [-0.1, -0.05) is 6.08 Å². The van der Waals surface area contributed by atoms with Gasteiger partial charge < -0.3 is 14.8 Å². The van der Waals surface area contributed by atoms with Crippen molar-refractivity contribution in [1.29, 1.82) is 0 Å². The Bertz CT molecular complexity index is 448. The summed E-state index contributed by atoms with van der Waals surface area (Å²) in [5.41, 5.74) is 0.885. The molecule has 0 aliphatic heterocycles. The second kappa shape index (κ2) is 8.02. The van der Waals surface area contributed by atoms with Gasteiger partial charge in [-0.3, -0.25) is 0 Å². The number of methoxy groups -OCH3 is 1. The maximum atomic E-state index is 13.6. The van der Waals surface area contributed by atoms with E-state index < -0.39 is 0 Å². The molecule has 1 aromatic rings. The second-order valence-electron chi connectivity index (χ2n) is 4.98. The van der Waals surface area contributed by atoms with Crippen LogP contribution in [0.2, 0.25) is 0 Å². The second-order valence-corrected chi connectivity index (χ2v) is 4.98. The standard InChI is InChI=1S/C16H22FNO2/c1-19-8-7-18-12-13-9-14(17)11-16(10-13)20-15-5-3-2-4-6-15/h3,5,9-11,15,18H,2,4,6-8,12H2,1H3. The van der Waals surface area contributed by atoms with Crippen LogP contribution in [0.1, 0.15) is 24.8 Å². The molecule has 0 saturated heterocycles. The Morgan fingerprint density at radius 2 is 2.25 bits per heavy atom. The summed E-state index contributed by atoms with van der Waals surface area (Å²) in [5.74, 6) is 0.343. The maximum Gasteiger partial charge on any atom is 0.127 e. The van der Waals surface area contributed by atoms with E-state index in [0.29, 0.717) is 18.9 Å². The van der Waals surface area contributed by atoms with Gasteiger partial charge in [0.05, 0.1) is 6.61 Å². The first kappa shape index (κ1) is 15.0. The summed E-state index contributed by atoms with van der Waals surface area (Å²) < 4.78 is 24.4. The Kier molecular flexibility index (Phi) is 6.02. The van der Waals surface area contributed by atoms with Crippen molar-refractivity contribution in [2.24, 2.45) is 0 Å². The number of benzene rings is 1. The molecule has 110 valence electrons. The molecule has 20 heavy (non-hydrogen) atoms. The van der Waals surface area contributed by atoms with Crippen molar-refractivity contribution in [3.63, 3.8) is 0 Å². The smallest absolute Gasteiger partial charge is 0.127 e. The minimum atomic E-state index is -0.258. The number of ether oxygens (including phenoxy) is 2. The van der Waals surface area contributed by atoms with Crippen molar-refractivity contribution in [2.45, 2.75) is 31.9 Å². The maximum absolute atomic E-state index is 13.6. The molecule has 1 atom stereocenters. The molecule has 1 unspecified atom stereocenters. The molecule has 1 N–H and O–H groups in total. The van der Waals surface area contributed by atoms with E-state index in [9.17, 15) is 4.39 Å². The largest absolute Gasteiger partial charge is 0.486 e. The summed E-state index contributed by atoms with van der Waals surface area (Å²) >= 11 is 0. The van der Waals surface area contributed by atoms with Crippen molar-refractivity contribution in [2.75, 3.05) is 20.3 Å². The van der Waals surface area contributed by atoms with Crippen molar-refractivity contribution in [3.05, 3.63) is 41.7 Å². The zero-order valence-corrected chi connectivity index (χ0v) is 11.9. The molecule has 1 aromatic carbocycles. The van der Waals surface area contributed by atoms with Crippen LogP contribution in [0.5, 0.6) is 5.75 Å². The van der Waals surface area contributed by atoms with Crippen LogP contribution in [0.15, 0.2) is 30.4 Å². The number of hydrogen-bond acceptors (Lipinski definition) is 3. The minimum Gasteiger partial charge on any atom is -0.486 e. The topological polar surface area (TPSA) is 30.5 Å². The van der Waals surface area contributed by atoms with Gasteiger partial charge in [0.2, 0.25) is 0 Å². The Morgan fingerprint density at radius 3 is 3.00 bits per heavy atom. The highest BCUT2D eigenvalue weighted by molar-refractivity contribution is 5.30. The Labute approximate surface area is 119 Å². The highest BCUT2D eigenvalue weighted by atomic mass is 19.1. The fourth-order valence-corrected chi connectivity index (χ4v) is 2.25. The summed E-state index contributed by atoms with van der Waals surface area (Å²) in [6.07, 6.45) is 7.49. The summed E-state index contributed by atoms with van der Waals surface area (Å²) in [6.45, 7) is 2.00. The highest BCUT2D eigenvalue weighted by Crippen LogP contribution is 2.21. The normalized spacial score (nSPS) is 18.2. The Morgan fingerprint density at radius 1 is 1.35 bits per heavy atom. The molecule has 4 heteroatoms. The third-order valence-corrected chi connectivity index (χ3v) is 3.24. The van der Waals surface area contributed by atoms with Gasteiger partial charge in [0.25, 0.3) is 0 Å². The lowest BCUT2D eigenvalue weighted by Crippen LogP contribution is -2.19. The van der Waals surface area contributed by atoms with Crippen LogP contribution < -0.4 is 10.1 Å². The van der Waals surface area contributed by atoms with Crippen LogP contribution in [0.3, 0.4) is 0 Å². The number of halogens is 1. The average Bonchev–Trinajstić information content (AvgIpc) is 2.44. The first-order valence-electron chi connectivity index (χ1n) is 7.10. The predicted octanol–water partition coefficient (Wildman–Crippen LogP) is 3.05. The lowest BCUT2D eigenvalue weighted by molar-refractivity contribution is 0.199. The highest BCUT2D eigenvalue weighted by Gasteiger charge is 2.11. The first-order chi connectivity index (χ1) is 9.78. The lowest BCUT2D eigenvalue weighted by Gasteiger charge is -2.19. The number of hydrogen-bond donors (Lipinski definition) is 1. The molecular weight excluding hydrogens is 257 g/mol. The van der Waals surface area contributed by atoms with E-state index in [2.05, 4.69) is 17.5 Å². The quantitative estimate of drug-likeness (QED) is 0.614. The third-order valence-electron chi connectivity index (χ3n) is 3.24. The average molecular weight is 279 g/mol. The van der Waals surface area contributed by atoms with Crippen LogP contribution in [-0.4, -0.2) is 26.4 Å². The van der Waals surface area contributed by atoms with Crippen molar-refractivity contribution < 1.29 is 13.9 Å². The van der Waals surface area contributed by atoms with Gasteiger partial charge in [0.1, 0.15) is 17.7 Å². The molecule has 3 nitrogen and oxygen atoms in total. The van der Waals surface area contributed by atoms with Gasteiger partial charge in [0.15, 0.2) is 0 Å². The fraction of sp³-hybridized carbons (Fsp3) is 0.500. The van der Waals surface area contributed by atoms with Crippen LogP contribution in [-0.2, 0) is 11.3 Å². The minimum absolute atomic E-state index is 0.0693. The molecule has 0 radical (unpaired) electrons. The molecule has 0 aromatic heterocycles. The molecule has 0 heterocycles. The van der Waals surface area contributed by atoms with E-state index in [0.717, 1.165) is 31.4 Å². The van der Waals surface area contributed by atoms with E-state index in [1.165, 1.54) is 12.1 Å².